The molecule has 0 saturated carbocycles. The third kappa shape index (κ3) is 4.26. The summed E-state index contributed by atoms with van der Waals surface area (Å²) in [5, 5.41) is 3.65. The second-order valence-corrected chi connectivity index (χ2v) is 7.04. The molecule has 4 heteroatoms. The molecule has 0 aromatic carbocycles. The van der Waals surface area contributed by atoms with Gasteiger partial charge in [-0.2, -0.15) is 0 Å². The molecule has 0 aliphatic carbocycles. The highest BCUT2D eigenvalue weighted by molar-refractivity contribution is 9.10. The largest absolute Gasteiger partial charge is 0.309 e. The average molecular weight is 326 g/mol. The third-order valence-electron chi connectivity index (χ3n) is 3.70. The number of rotatable bonds is 4. The molecule has 1 saturated heterocycles. The monoisotopic (exact) mass is 325 g/mol. The van der Waals surface area contributed by atoms with Crippen LogP contribution in [0.25, 0.3) is 0 Å². The number of hydrogen-bond acceptors (Lipinski definition) is 3. The van der Waals surface area contributed by atoms with Crippen LogP contribution in [0.3, 0.4) is 0 Å². The van der Waals surface area contributed by atoms with Gasteiger partial charge in [0.05, 0.1) is 0 Å². The van der Waals surface area contributed by atoms with Gasteiger partial charge in [-0.15, -0.1) is 0 Å². The standard InChI is InChI=1S/C15H24BrN3/c1-4-5-14-9-18-15(2,3)11-19(14)10-12-6-13(16)8-17-7-12/h6-8,14,18H,4-5,9-11H2,1-3H3. The Morgan fingerprint density at radius 1 is 1.47 bits per heavy atom. The lowest BCUT2D eigenvalue weighted by molar-refractivity contribution is 0.0826. The summed E-state index contributed by atoms with van der Waals surface area (Å²) in [6.45, 7) is 9.98. The van der Waals surface area contributed by atoms with Crippen LogP contribution in [0.4, 0.5) is 0 Å². The van der Waals surface area contributed by atoms with Gasteiger partial charge in [-0.25, -0.2) is 0 Å². The number of pyridine rings is 1. The smallest absolute Gasteiger partial charge is 0.0410 e. The topological polar surface area (TPSA) is 28.2 Å². The molecule has 1 unspecified atom stereocenters. The van der Waals surface area contributed by atoms with Crippen LogP contribution in [0.5, 0.6) is 0 Å². The van der Waals surface area contributed by atoms with Crippen molar-refractivity contribution in [2.24, 2.45) is 0 Å². The maximum absolute atomic E-state index is 4.27. The first-order chi connectivity index (χ1) is 9.00. The maximum Gasteiger partial charge on any atom is 0.0410 e. The first-order valence-corrected chi connectivity index (χ1v) is 7.88. The first kappa shape index (κ1) is 14.9. The summed E-state index contributed by atoms with van der Waals surface area (Å²) < 4.78 is 1.06. The van der Waals surface area contributed by atoms with Crippen LogP contribution in [0.1, 0.15) is 39.2 Å². The lowest BCUT2D eigenvalue weighted by Crippen LogP contribution is -2.61. The third-order valence-corrected chi connectivity index (χ3v) is 4.13. The molecule has 1 N–H and O–H groups in total. The maximum atomic E-state index is 4.27. The van der Waals surface area contributed by atoms with Crippen LogP contribution >= 0.6 is 15.9 Å². The van der Waals surface area contributed by atoms with Crippen LogP contribution < -0.4 is 5.32 Å². The molecule has 1 fully saturated rings. The van der Waals surface area contributed by atoms with E-state index in [0.717, 1.165) is 24.1 Å². The van der Waals surface area contributed by atoms with Gasteiger partial charge in [-0.05, 0) is 47.8 Å². The SMILES string of the molecule is CCCC1CNC(C)(C)CN1Cc1cncc(Br)c1. The highest BCUT2D eigenvalue weighted by atomic mass is 79.9. The van der Waals surface area contributed by atoms with Crippen molar-refractivity contribution in [1.29, 1.82) is 0 Å². The molecule has 1 aliphatic rings. The number of nitrogens with zero attached hydrogens (tertiary/aromatic N) is 2. The van der Waals surface area contributed by atoms with E-state index in [1.165, 1.54) is 18.4 Å². The summed E-state index contributed by atoms with van der Waals surface area (Å²) in [6, 6.07) is 2.81. The Hall–Kier alpha value is -0.450. The fraction of sp³-hybridized carbons (Fsp3) is 0.667. The molecule has 1 aliphatic heterocycles. The van der Waals surface area contributed by atoms with E-state index in [1.807, 2.05) is 12.4 Å². The molecular weight excluding hydrogens is 302 g/mol. The van der Waals surface area contributed by atoms with E-state index >= 15 is 0 Å². The number of nitrogens with one attached hydrogen (secondary N) is 1. The van der Waals surface area contributed by atoms with Gasteiger partial charge in [0, 0.05) is 48.1 Å². The number of hydrogen-bond donors (Lipinski definition) is 1. The molecule has 0 spiro atoms. The molecule has 2 rings (SSSR count). The van der Waals surface area contributed by atoms with Crippen LogP contribution in [-0.2, 0) is 6.54 Å². The summed E-state index contributed by atoms with van der Waals surface area (Å²) in [4.78, 5) is 6.87. The van der Waals surface area contributed by atoms with Crippen LogP contribution in [-0.4, -0.2) is 34.6 Å². The van der Waals surface area contributed by atoms with Gasteiger partial charge < -0.3 is 5.32 Å². The first-order valence-electron chi connectivity index (χ1n) is 7.08. The van der Waals surface area contributed by atoms with Gasteiger partial charge in [0.25, 0.3) is 0 Å². The quantitative estimate of drug-likeness (QED) is 0.921. The molecule has 3 nitrogen and oxygen atoms in total. The molecular formula is C15H24BrN3. The summed E-state index contributed by atoms with van der Waals surface area (Å²) in [7, 11) is 0. The minimum Gasteiger partial charge on any atom is -0.309 e. The minimum absolute atomic E-state index is 0.198. The van der Waals surface area contributed by atoms with Crippen molar-refractivity contribution in [2.75, 3.05) is 13.1 Å². The van der Waals surface area contributed by atoms with Gasteiger partial charge in [-0.3, -0.25) is 9.88 Å². The number of halogens is 1. The Labute approximate surface area is 124 Å². The van der Waals surface area contributed by atoms with Crippen molar-refractivity contribution in [1.82, 2.24) is 15.2 Å². The summed E-state index contributed by atoms with van der Waals surface area (Å²) >= 11 is 3.50. The second-order valence-electron chi connectivity index (χ2n) is 6.12. The summed E-state index contributed by atoms with van der Waals surface area (Å²) in [5.74, 6) is 0. The normalized spacial score (nSPS) is 23.5. The van der Waals surface area contributed by atoms with Crippen LogP contribution in [0.15, 0.2) is 22.9 Å². The van der Waals surface area contributed by atoms with Crippen molar-refractivity contribution in [3.05, 3.63) is 28.5 Å². The Bertz CT molecular complexity index is 420. The van der Waals surface area contributed by atoms with E-state index in [4.69, 9.17) is 0 Å². The van der Waals surface area contributed by atoms with Gasteiger partial charge in [0.1, 0.15) is 0 Å². The van der Waals surface area contributed by atoms with E-state index in [-0.39, 0.29) is 5.54 Å². The van der Waals surface area contributed by atoms with E-state index in [2.05, 4.69) is 58.0 Å². The van der Waals surface area contributed by atoms with Crippen molar-refractivity contribution < 1.29 is 0 Å². The van der Waals surface area contributed by atoms with E-state index < -0.39 is 0 Å². The van der Waals surface area contributed by atoms with Gasteiger partial charge in [0.2, 0.25) is 0 Å². The molecule has 2 heterocycles. The predicted molar refractivity (Wildman–Crippen MR) is 83.1 cm³/mol. The Morgan fingerprint density at radius 3 is 2.95 bits per heavy atom. The summed E-state index contributed by atoms with van der Waals surface area (Å²) in [5.41, 5.74) is 1.48. The summed E-state index contributed by atoms with van der Waals surface area (Å²) in [6.07, 6.45) is 6.31. The highest BCUT2D eigenvalue weighted by Gasteiger charge is 2.31. The molecule has 0 amide bonds. The fourth-order valence-electron chi connectivity index (χ4n) is 2.80. The second kappa shape index (κ2) is 6.33. The highest BCUT2D eigenvalue weighted by Crippen LogP contribution is 2.21. The van der Waals surface area contributed by atoms with Crippen LogP contribution in [0.2, 0.25) is 0 Å². The van der Waals surface area contributed by atoms with E-state index in [1.54, 1.807) is 0 Å². The van der Waals surface area contributed by atoms with Crippen molar-refractivity contribution in [3.8, 4) is 0 Å². The van der Waals surface area contributed by atoms with Crippen molar-refractivity contribution >= 4 is 15.9 Å². The minimum atomic E-state index is 0.198. The molecule has 1 atom stereocenters. The molecule has 0 radical (unpaired) electrons. The molecule has 19 heavy (non-hydrogen) atoms. The number of aromatic nitrogens is 1. The molecule has 1 aromatic rings. The van der Waals surface area contributed by atoms with E-state index in [9.17, 15) is 0 Å². The van der Waals surface area contributed by atoms with Crippen molar-refractivity contribution in [2.45, 2.75) is 51.7 Å². The predicted octanol–water partition coefficient (Wildman–Crippen LogP) is 3.20. The number of piperazine rings is 1. The van der Waals surface area contributed by atoms with Crippen LogP contribution in [0, 0.1) is 0 Å². The Balaban J connectivity index is 2.09. The zero-order valence-electron chi connectivity index (χ0n) is 12.1. The van der Waals surface area contributed by atoms with E-state index in [0.29, 0.717) is 6.04 Å². The van der Waals surface area contributed by atoms with Gasteiger partial charge >= 0.3 is 0 Å². The Morgan fingerprint density at radius 2 is 2.26 bits per heavy atom. The lowest BCUT2D eigenvalue weighted by atomic mass is 9.96. The lowest BCUT2D eigenvalue weighted by Gasteiger charge is -2.44. The Kier molecular flexibility index (Phi) is 4.98. The van der Waals surface area contributed by atoms with Gasteiger partial charge in [-0.1, -0.05) is 13.3 Å². The fourth-order valence-corrected chi connectivity index (χ4v) is 3.21. The zero-order chi connectivity index (χ0) is 13.9. The molecule has 1 aromatic heterocycles. The van der Waals surface area contributed by atoms with Crippen molar-refractivity contribution in [3.63, 3.8) is 0 Å². The van der Waals surface area contributed by atoms with Gasteiger partial charge in [0.15, 0.2) is 0 Å². The molecule has 106 valence electrons. The average Bonchev–Trinajstić information content (AvgIpc) is 2.32. The zero-order valence-corrected chi connectivity index (χ0v) is 13.7. The molecule has 0 bridgehead atoms.